The highest BCUT2D eigenvalue weighted by Gasteiger charge is 2.11. The van der Waals surface area contributed by atoms with Crippen molar-refractivity contribution in [3.8, 4) is 0 Å². The quantitative estimate of drug-likeness (QED) is 0.646. The highest BCUT2D eigenvalue weighted by molar-refractivity contribution is 5.60. The highest BCUT2D eigenvalue weighted by Crippen LogP contribution is 2.22. The second kappa shape index (κ2) is 5.82. The summed E-state index contributed by atoms with van der Waals surface area (Å²) in [6.45, 7) is 0.655. The number of rotatable bonds is 5. The van der Waals surface area contributed by atoms with Crippen molar-refractivity contribution in [1.29, 1.82) is 0 Å². The second-order valence-corrected chi connectivity index (χ2v) is 3.86. The molecule has 0 fully saturated rings. The van der Waals surface area contributed by atoms with Crippen LogP contribution < -0.4 is 5.32 Å². The van der Waals surface area contributed by atoms with Crippen molar-refractivity contribution in [3.63, 3.8) is 0 Å². The fraction of sp³-hybridized carbons (Fsp3) is 0.143. The molecule has 0 aliphatic heterocycles. The SMILES string of the molecule is O=[N+]([O-])c1cc[c]cc1NCCc1ccccc1. The van der Waals surface area contributed by atoms with Crippen molar-refractivity contribution in [1.82, 2.24) is 0 Å². The molecule has 0 aromatic heterocycles. The van der Waals surface area contributed by atoms with Gasteiger partial charge in [-0.05, 0) is 30.2 Å². The maximum absolute atomic E-state index is 10.8. The predicted molar refractivity (Wildman–Crippen MR) is 70.6 cm³/mol. The Labute approximate surface area is 105 Å². The summed E-state index contributed by atoms with van der Waals surface area (Å²) in [5.41, 5.74) is 1.80. The van der Waals surface area contributed by atoms with Gasteiger partial charge in [0.15, 0.2) is 0 Å². The summed E-state index contributed by atoms with van der Waals surface area (Å²) in [5, 5.41) is 13.9. The fourth-order valence-electron chi connectivity index (χ4n) is 1.71. The standard InChI is InChI=1S/C14H13N2O2/c17-16(18)14-9-5-4-8-13(14)15-11-10-12-6-2-1-3-7-12/h1-3,5-9,15H,10-11H2. The first-order valence-electron chi connectivity index (χ1n) is 5.69. The van der Waals surface area contributed by atoms with Gasteiger partial charge in [-0.15, -0.1) is 0 Å². The molecule has 0 heterocycles. The van der Waals surface area contributed by atoms with Crippen LogP contribution in [0.5, 0.6) is 0 Å². The van der Waals surface area contributed by atoms with Gasteiger partial charge in [0, 0.05) is 12.6 Å². The van der Waals surface area contributed by atoms with Gasteiger partial charge in [-0.2, -0.15) is 0 Å². The van der Waals surface area contributed by atoms with Gasteiger partial charge in [0.2, 0.25) is 0 Å². The lowest BCUT2D eigenvalue weighted by Crippen LogP contribution is -2.06. The molecule has 1 N–H and O–H groups in total. The van der Waals surface area contributed by atoms with E-state index in [2.05, 4.69) is 11.4 Å². The summed E-state index contributed by atoms with van der Waals surface area (Å²) < 4.78 is 0. The molecule has 0 saturated heterocycles. The zero-order valence-corrected chi connectivity index (χ0v) is 9.80. The van der Waals surface area contributed by atoms with Gasteiger partial charge in [0.05, 0.1) is 4.92 Å². The number of nitro groups is 1. The molecule has 4 nitrogen and oxygen atoms in total. The Morgan fingerprint density at radius 2 is 2.00 bits per heavy atom. The Bertz CT molecular complexity index is 526. The van der Waals surface area contributed by atoms with Crippen LogP contribution in [-0.2, 0) is 6.42 Å². The minimum atomic E-state index is -0.390. The van der Waals surface area contributed by atoms with Crippen molar-refractivity contribution in [2.24, 2.45) is 0 Å². The molecule has 0 amide bonds. The Balaban J connectivity index is 1.97. The normalized spacial score (nSPS) is 10.0. The summed E-state index contributed by atoms with van der Waals surface area (Å²) in [4.78, 5) is 10.4. The third-order valence-electron chi connectivity index (χ3n) is 2.61. The molecule has 2 rings (SSSR count). The largest absolute Gasteiger partial charge is 0.379 e. The second-order valence-electron chi connectivity index (χ2n) is 3.86. The molecule has 0 saturated carbocycles. The first-order valence-corrected chi connectivity index (χ1v) is 5.69. The molecule has 1 radical (unpaired) electrons. The van der Waals surface area contributed by atoms with E-state index in [0.717, 1.165) is 6.42 Å². The van der Waals surface area contributed by atoms with E-state index in [4.69, 9.17) is 0 Å². The molecule has 2 aromatic rings. The van der Waals surface area contributed by atoms with Gasteiger partial charge in [-0.1, -0.05) is 30.3 Å². The van der Waals surface area contributed by atoms with Crippen LogP contribution in [0.1, 0.15) is 5.56 Å². The van der Waals surface area contributed by atoms with Gasteiger partial charge >= 0.3 is 0 Å². The molecule has 0 aliphatic rings. The van der Waals surface area contributed by atoms with E-state index < -0.39 is 4.92 Å². The molecule has 0 spiro atoms. The topological polar surface area (TPSA) is 55.2 Å². The Morgan fingerprint density at radius 3 is 2.72 bits per heavy atom. The smallest absolute Gasteiger partial charge is 0.292 e. The van der Waals surface area contributed by atoms with Crippen molar-refractivity contribution in [2.75, 3.05) is 11.9 Å². The number of benzene rings is 2. The lowest BCUT2D eigenvalue weighted by Gasteiger charge is -2.06. The van der Waals surface area contributed by atoms with E-state index in [-0.39, 0.29) is 5.69 Å². The first-order chi connectivity index (χ1) is 8.77. The van der Waals surface area contributed by atoms with Gasteiger partial charge in [-0.3, -0.25) is 10.1 Å². The zero-order chi connectivity index (χ0) is 12.8. The van der Waals surface area contributed by atoms with Crippen LogP contribution >= 0.6 is 0 Å². The summed E-state index contributed by atoms with van der Waals surface area (Å²) in [6.07, 6.45) is 0.826. The van der Waals surface area contributed by atoms with Crippen molar-refractivity contribution < 1.29 is 4.92 Å². The average Bonchev–Trinajstić information content (AvgIpc) is 2.40. The van der Waals surface area contributed by atoms with E-state index in [0.29, 0.717) is 12.2 Å². The van der Waals surface area contributed by atoms with Crippen LogP contribution in [0.2, 0.25) is 0 Å². The molecule has 18 heavy (non-hydrogen) atoms. The summed E-state index contributed by atoms with van der Waals surface area (Å²) in [5.74, 6) is 0. The molecule has 0 atom stereocenters. The van der Waals surface area contributed by atoms with Gasteiger partial charge < -0.3 is 5.32 Å². The van der Waals surface area contributed by atoms with Gasteiger partial charge in [0.1, 0.15) is 5.69 Å². The van der Waals surface area contributed by atoms with Crippen molar-refractivity contribution >= 4 is 11.4 Å². The molecule has 0 bridgehead atoms. The van der Waals surface area contributed by atoms with Crippen LogP contribution in [-0.4, -0.2) is 11.5 Å². The third kappa shape index (κ3) is 3.07. The highest BCUT2D eigenvalue weighted by atomic mass is 16.6. The minimum absolute atomic E-state index is 0.0850. The van der Waals surface area contributed by atoms with E-state index in [9.17, 15) is 10.1 Å². The maximum Gasteiger partial charge on any atom is 0.292 e. The lowest BCUT2D eigenvalue weighted by atomic mass is 10.1. The van der Waals surface area contributed by atoms with Crippen LogP contribution in [0.15, 0.2) is 48.5 Å². The molecule has 0 unspecified atom stereocenters. The molecule has 4 heteroatoms. The molecular weight excluding hydrogens is 228 g/mol. The number of hydrogen-bond donors (Lipinski definition) is 1. The number of nitrogens with zero attached hydrogens (tertiary/aromatic N) is 1. The molecular formula is C14H13N2O2. The Morgan fingerprint density at radius 1 is 1.22 bits per heavy atom. The van der Waals surface area contributed by atoms with Crippen molar-refractivity contribution in [3.05, 3.63) is 70.3 Å². The van der Waals surface area contributed by atoms with Crippen LogP contribution in [0, 0.1) is 16.2 Å². The lowest BCUT2D eigenvalue weighted by molar-refractivity contribution is -0.384. The van der Waals surface area contributed by atoms with E-state index in [1.54, 1.807) is 12.1 Å². The predicted octanol–water partition coefficient (Wildman–Crippen LogP) is 3.05. The Kier molecular flexibility index (Phi) is 3.91. The third-order valence-corrected chi connectivity index (χ3v) is 2.61. The summed E-state index contributed by atoms with van der Waals surface area (Å²) in [7, 11) is 0. The van der Waals surface area contributed by atoms with E-state index >= 15 is 0 Å². The monoisotopic (exact) mass is 241 g/mol. The van der Waals surface area contributed by atoms with Crippen LogP contribution in [0.3, 0.4) is 0 Å². The average molecular weight is 241 g/mol. The number of nitrogens with one attached hydrogen (secondary N) is 1. The summed E-state index contributed by atoms with van der Waals surface area (Å²) in [6, 6.07) is 17.4. The Hall–Kier alpha value is -2.36. The number of nitro benzene ring substituents is 1. The van der Waals surface area contributed by atoms with Gasteiger partial charge in [0.25, 0.3) is 5.69 Å². The fourth-order valence-corrected chi connectivity index (χ4v) is 1.71. The molecule has 91 valence electrons. The molecule has 2 aromatic carbocycles. The number of hydrogen-bond acceptors (Lipinski definition) is 3. The first kappa shape index (κ1) is 12.1. The molecule has 0 aliphatic carbocycles. The maximum atomic E-state index is 10.8. The van der Waals surface area contributed by atoms with E-state index in [1.807, 2.05) is 30.3 Å². The van der Waals surface area contributed by atoms with Crippen LogP contribution in [0.4, 0.5) is 11.4 Å². The minimum Gasteiger partial charge on any atom is -0.379 e. The van der Waals surface area contributed by atoms with Crippen molar-refractivity contribution in [2.45, 2.75) is 6.42 Å². The van der Waals surface area contributed by atoms with Gasteiger partial charge in [-0.25, -0.2) is 0 Å². The summed E-state index contributed by atoms with van der Waals surface area (Å²) >= 11 is 0. The zero-order valence-electron chi connectivity index (χ0n) is 9.80. The number of anilines is 1. The van der Waals surface area contributed by atoms with E-state index in [1.165, 1.54) is 11.6 Å². The van der Waals surface area contributed by atoms with Crippen LogP contribution in [0.25, 0.3) is 0 Å².